The monoisotopic (exact) mass is 514 g/mol. The van der Waals surface area contributed by atoms with Crippen LogP contribution < -0.4 is 20.3 Å². The second-order valence-corrected chi connectivity index (χ2v) is 9.50. The highest BCUT2D eigenvalue weighted by Gasteiger charge is 2.26. The second-order valence-electron chi connectivity index (χ2n) is 9.50. The number of hydrogen-bond acceptors (Lipinski definition) is 6. The lowest BCUT2D eigenvalue weighted by Crippen LogP contribution is -2.34. The minimum atomic E-state index is -0.300. The van der Waals surface area contributed by atoms with Gasteiger partial charge in [0, 0.05) is 31.3 Å². The number of carbonyl (C=O) groups is 1. The molecule has 2 aromatic carbocycles. The minimum absolute atomic E-state index is 0.294. The van der Waals surface area contributed by atoms with Gasteiger partial charge in [0.1, 0.15) is 17.4 Å². The van der Waals surface area contributed by atoms with Crippen molar-refractivity contribution >= 4 is 34.3 Å². The van der Waals surface area contributed by atoms with E-state index in [2.05, 4.69) is 39.0 Å². The number of likely N-dealkylation sites (tertiary alicyclic amines) is 1. The average molecular weight is 515 g/mol. The van der Waals surface area contributed by atoms with Gasteiger partial charge in [0.15, 0.2) is 0 Å². The molecule has 8 nitrogen and oxygen atoms in total. The molecule has 1 amide bonds. The van der Waals surface area contributed by atoms with E-state index in [1.807, 2.05) is 48.0 Å². The van der Waals surface area contributed by atoms with Gasteiger partial charge < -0.3 is 29.6 Å². The van der Waals surface area contributed by atoms with Crippen molar-refractivity contribution in [3.05, 3.63) is 79.4 Å². The normalized spacial score (nSPS) is 15.4. The number of carbonyl (C=O) groups excluding carboxylic acids is 1. The number of nitrogens with zero attached hydrogens (tertiary/aromatic N) is 4. The largest absolute Gasteiger partial charge is 0.494 e. The topological polar surface area (TPSA) is 74.1 Å². The number of rotatable bonds is 8. The molecule has 196 valence electrons. The van der Waals surface area contributed by atoms with Gasteiger partial charge in [-0.2, -0.15) is 0 Å². The molecule has 0 spiro atoms. The Labute approximate surface area is 221 Å². The SMILES string of the molecule is C=CC(=O)Nc1cc(Nc2cn3c(-c4cccc(F)c4)ccc3cn2)c(OC)cc1N(C)C1CCN(C)C1. The van der Waals surface area contributed by atoms with Gasteiger partial charge >= 0.3 is 0 Å². The number of methoxy groups -OCH3 is 1. The number of amides is 1. The van der Waals surface area contributed by atoms with Gasteiger partial charge in [-0.05, 0) is 56.4 Å². The summed E-state index contributed by atoms with van der Waals surface area (Å²) in [5.41, 5.74) is 4.61. The first-order valence-corrected chi connectivity index (χ1v) is 12.4. The fourth-order valence-corrected chi connectivity index (χ4v) is 4.93. The lowest BCUT2D eigenvalue weighted by atomic mass is 10.1. The van der Waals surface area contributed by atoms with E-state index in [0.29, 0.717) is 29.0 Å². The van der Waals surface area contributed by atoms with Crippen molar-refractivity contribution in [1.29, 1.82) is 0 Å². The molecule has 38 heavy (non-hydrogen) atoms. The Morgan fingerprint density at radius 3 is 2.79 bits per heavy atom. The molecule has 1 fully saturated rings. The summed E-state index contributed by atoms with van der Waals surface area (Å²) in [6.07, 6.45) is 5.88. The third-order valence-electron chi connectivity index (χ3n) is 6.98. The van der Waals surface area contributed by atoms with Gasteiger partial charge in [-0.15, -0.1) is 0 Å². The summed E-state index contributed by atoms with van der Waals surface area (Å²) >= 11 is 0. The van der Waals surface area contributed by atoms with Crippen molar-refractivity contribution in [2.24, 2.45) is 0 Å². The first-order valence-electron chi connectivity index (χ1n) is 12.4. The third-order valence-corrected chi connectivity index (χ3v) is 6.98. The van der Waals surface area contributed by atoms with E-state index < -0.39 is 0 Å². The highest BCUT2D eigenvalue weighted by atomic mass is 19.1. The average Bonchev–Trinajstić information content (AvgIpc) is 3.54. The van der Waals surface area contributed by atoms with Crippen LogP contribution in [0, 0.1) is 5.82 Å². The lowest BCUT2D eigenvalue weighted by Gasteiger charge is -2.29. The molecule has 5 rings (SSSR count). The summed E-state index contributed by atoms with van der Waals surface area (Å²) in [5, 5.41) is 6.28. The van der Waals surface area contributed by atoms with Crippen molar-refractivity contribution in [3.63, 3.8) is 0 Å². The number of hydrogen-bond donors (Lipinski definition) is 2. The number of ether oxygens (including phenoxy) is 1. The number of anilines is 4. The Kier molecular flexibility index (Phi) is 7.02. The van der Waals surface area contributed by atoms with Gasteiger partial charge in [0.25, 0.3) is 0 Å². The van der Waals surface area contributed by atoms with Crippen LogP contribution in [0.4, 0.5) is 27.3 Å². The molecule has 1 aliphatic rings. The van der Waals surface area contributed by atoms with Gasteiger partial charge in [0.2, 0.25) is 5.91 Å². The summed E-state index contributed by atoms with van der Waals surface area (Å²) < 4.78 is 21.6. The molecule has 1 unspecified atom stereocenters. The Balaban J connectivity index is 1.52. The minimum Gasteiger partial charge on any atom is -0.494 e. The van der Waals surface area contributed by atoms with Crippen LogP contribution in [-0.4, -0.2) is 60.5 Å². The van der Waals surface area contributed by atoms with Crippen molar-refractivity contribution < 1.29 is 13.9 Å². The van der Waals surface area contributed by atoms with Crippen LogP contribution in [0.5, 0.6) is 5.75 Å². The molecule has 0 radical (unpaired) electrons. The highest BCUT2D eigenvalue weighted by molar-refractivity contribution is 6.02. The molecule has 0 aliphatic carbocycles. The fraction of sp³-hybridized carbons (Fsp3) is 0.241. The smallest absolute Gasteiger partial charge is 0.247 e. The Morgan fingerprint density at radius 2 is 2.08 bits per heavy atom. The third kappa shape index (κ3) is 5.05. The van der Waals surface area contributed by atoms with E-state index in [0.717, 1.165) is 42.0 Å². The number of nitrogens with one attached hydrogen (secondary N) is 2. The van der Waals surface area contributed by atoms with E-state index in [4.69, 9.17) is 4.74 Å². The molecule has 3 heterocycles. The van der Waals surface area contributed by atoms with Crippen molar-refractivity contribution in [3.8, 4) is 17.0 Å². The number of halogens is 1. The van der Waals surface area contributed by atoms with E-state index in [9.17, 15) is 9.18 Å². The quantitative estimate of drug-likeness (QED) is 0.317. The lowest BCUT2D eigenvalue weighted by molar-refractivity contribution is -0.111. The van der Waals surface area contributed by atoms with Crippen LogP contribution in [-0.2, 0) is 4.79 Å². The molecule has 1 saturated heterocycles. The Hall–Kier alpha value is -4.37. The zero-order valence-corrected chi connectivity index (χ0v) is 21.7. The van der Waals surface area contributed by atoms with E-state index in [-0.39, 0.29) is 11.7 Å². The van der Waals surface area contributed by atoms with Crippen LogP contribution in [0.1, 0.15) is 6.42 Å². The predicted octanol–water partition coefficient (Wildman–Crippen LogP) is 5.16. The molecule has 0 bridgehead atoms. The summed E-state index contributed by atoms with van der Waals surface area (Å²) in [5.74, 6) is 0.572. The highest BCUT2D eigenvalue weighted by Crippen LogP contribution is 2.39. The van der Waals surface area contributed by atoms with E-state index >= 15 is 0 Å². The van der Waals surface area contributed by atoms with Crippen molar-refractivity contribution in [1.82, 2.24) is 14.3 Å². The standard InChI is InChI=1S/C29H31FN6O2/c1-5-29(37)33-23-14-24(27(38-4)15-26(23)35(3)22-11-12-34(2)17-22)32-28-18-36-21(16-31-28)9-10-25(36)19-7-6-8-20(30)13-19/h5-10,13-16,18,22,32H,1,11-12,17H2,2-4H3,(H,33,37). The zero-order valence-electron chi connectivity index (χ0n) is 21.7. The number of aromatic nitrogens is 2. The van der Waals surface area contributed by atoms with Crippen LogP contribution in [0.2, 0.25) is 0 Å². The van der Waals surface area contributed by atoms with Crippen molar-refractivity contribution in [2.45, 2.75) is 12.5 Å². The van der Waals surface area contributed by atoms with Gasteiger partial charge in [-0.1, -0.05) is 18.7 Å². The summed E-state index contributed by atoms with van der Waals surface area (Å²) in [7, 11) is 5.75. The van der Waals surface area contributed by atoms with Gasteiger partial charge in [-0.3, -0.25) is 4.79 Å². The molecule has 0 saturated carbocycles. The van der Waals surface area contributed by atoms with Crippen LogP contribution in [0.25, 0.3) is 16.8 Å². The summed E-state index contributed by atoms with van der Waals surface area (Å²) in [6.45, 7) is 5.55. The Morgan fingerprint density at radius 1 is 1.24 bits per heavy atom. The zero-order chi connectivity index (χ0) is 26.8. The molecular weight excluding hydrogens is 483 g/mol. The molecule has 1 atom stereocenters. The van der Waals surface area contributed by atoms with Crippen molar-refractivity contribution in [2.75, 3.05) is 49.8 Å². The summed E-state index contributed by atoms with van der Waals surface area (Å²) in [4.78, 5) is 21.3. The van der Waals surface area contributed by atoms with E-state index in [1.165, 1.54) is 18.2 Å². The van der Waals surface area contributed by atoms with Gasteiger partial charge in [-0.25, -0.2) is 9.37 Å². The van der Waals surface area contributed by atoms with Crippen LogP contribution in [0.3, 0.4) is 0 Å². The molecule has 2 aromatic heterocycles. The number of fused-ring (bicyclic) bond motifs is 1. The van der Waals surface area contributed by atoms with Gasteiger partial charge in [0.05, 0.1) is 47.8 Å². The second kappa shape index (κ2) is 10.5. The van der Waals surface area contributed by atoms with Crippen LogP contribution in [0.15, 0.2) is 73.6 Å². The maximum absolute atomic E-state index is 13.9. The molecule has 2 N–H and O–H groups in total. The molecule has 1 aliphatic heterocycles. The summed E-state index contributed by atoms with van der Waals surface area (Å²) in [6, 6.07) is 14.4. The molecule has 9 heteroatoms. The molecular formula is C29H31FN6O2. The fourth-order valence-electron chi connectivity index (χ4n) is 4.93. The first kappa shape index (κ1) is 25.3. The first-order chi connectivity index (χ1) is 18.4. The predicted molar refractivity (Wildman–Crippen MR) is 150 cm³/mol. The maximum atomic E-state index is 13.9. The van der Waals surface area contributed by atoms with Crippen LogP contribution >= 0.6 is 0 Å². The number of benzene rings is 2. The maximum Gasteiger partial charge on any atom is 0.247 e. The molecule has 4 aromatic rings. The number of likely N-dealkylation sites (N-methyl/N-ethyl adjacent to an activating group) is 2. The van der Waals surface area contributed by atoms with E-state index in [1.54, 1.807) is 19.4 Å². The Bertz CT molecular complexity index is 1500.